The molecule has 6 nitrogen and oxygen atoms in total. The van der Waals surface area contributed by atoms with Gasteiger partial charge in [0, 0.05) is 6.07 Å². The summed E-state index contributed by atoms with van der Waals surface area (Å²) >= 11 is 0. The zero-order valence-electron chi connectivity index (χ0n) is 13.0. The maximum Gasteiger partial charge on any atom is 0.240 e. The first-order valence-corrected chi connectivity index (χ1v) is 6.82. The normalized spacial score (nSPS) is 11.2. The summed E-state index contributed by atoms with van der Waals surface area (Å²) in [7, 11) is 0. The molecule has 0 saturated heterocycles. The van der Waals surface area contributed by atoms with Crippen molar-refractivity contribution in [1.82, 2.24) is 5.16 Å². The SMILES string of the molecule is Cc1cc(NC(=O)C(C)(C)C(=O)Nc2ccc(F)c(F)c2F)no1. The lowest BCUT2D eigenvalue weighted by molar-refractivity contribution is -0.135. The number of hydrogen-bond donors (Lipinski definition) is 2. The average molecular weight is 341 g/mol. The summed E-state index contributed by atoms with van der Waals surface area (Å²) in [6, 6.07) is 2.97. The van der Waals surface area contributed by atoms with Gasteiger partial charge in [-0.2, -0.15) is 0 Å². The Morgan fingerprint density at radius 1 is 1.08 bits per heavy atom. The van der Waals surface area contributed by atoms with Gasteiger partial charge in [-0.3, -0.25) is 9.59 Å². The molecule has 0 fully saturated rings. The second-order valence-corrected chi connectivity index (χ2v) is 5.58. The fraction of sp³-hybridized carbons (Fsp3) is 0.267. The Hall–Kier alpha value is -2.84. The van der Waals surface area contributed by atoms with Crippen molar-refractivity contribution in [2.75, 3.05) is 10.6 Å². The minimum absolute atomic E-state index is 0.109. The van der Waals surface area contributed by atoms with Crippen molar-refractivity contribution in [2.45, 2.75) is 20.8 Å². The van der Waals surface area contributed by atoms with E-state index in [2.05, 4.69) is 15.8 Å². The quantitative estimate of drug-likeness (QED) is 0.661. The van der Waals surface area contributed by atoms with Gasteiger partial charge < -0.3 is 15.2 Å². The van der Waals surface area contributed by atoms with E-state index in [1.165, 1.54) is 19.9 Å². The van der Waals surface area contributed by atoms with Gasteiger partial charge in [-0.15, -0.1) is 0 Å². The maximum absolute atomic E-state index is 13.6. The number of aryl methyl sites for hydroxylation is 1. The number of amides is 2. The van der Waals surface area contributed by atoms with Crippen LogP contribution >= 0.6 is 0 Å². The molecule has 2 amide bonds. The molecule has 0 atom stereocenters. The monoisotopic (exact) mass is 341 g/mol. The van der Waals surface area contributed by atoms with Crippen LogP contribution in [0.1, 0.15) is 19.6 Å². The lowest BCUT2D eigenvalue weighted by atomic mass is 9.91. The Labute approximate surface area is 135 Å². The molecule has 0 aliphatic heterocycles. The highest BCUT2D eigenvalue weighted by molar-refractivity contribution is 6.13. The topological polar surface area (TPSA) is 84.2 Å². The predicted octanol–water partition coefficient (Wildman–Crippen LogP) is 3.00. The van der Waals surface area contributed by atoms with Crippen LogP contribution < -0.4 is 10.6 Å². The fourth-order valence-corrected chi connectivity index (χ4v) is 1.70. The van der Waals surface area contributed by atoms with E-state index >= 15 is 0 Å². The molecule has 0 aliphatic rings. The van der Waals surface area contributed by atoms with Crippen molar-refractivity contribution >= 4 is 23.3 Å². The van der Waals surface area contributed by atoms with E-state index in [-0.39, 0.29) is 5.82 Å². The molecule has 2 N–H and O–H groups in total. The summed E-state index contributed by atoms with van der Waals surface area (Å²) in [6.45, 7) is 4.18. The van der Waals surface area contributed by atoms with Crippen molar-refractivity contribution in [3.8, 4) is 0 Å². The second kappa shape index (κ2) is 6.34. The molecular weight excluding hydrogens is 327 g/mol. The molecule has 0 saturated carbocycles. The summed E-state index contributed by atoms with van der Waals surface area (Å²) < 4.78 is 44.5. The van der Waals surface area contributed by atoms with Gasteiger partial charge in [-0.1, -0.05) is 5.16 Å². The molecule has 24 heavy (non-hydrogen) atoms. The number of carbonyl (C=O) groups excluding carboxylic acids is 2. The summed E-state index contributed by atoms with van der Waals surface area (Å²) in [5.74, 6) is -5.74. The number of nitrogens with one attached hydrogen (secondary N) is 2. The molecule has 0 aliphatic carbocycles. The van der Waals surface area contributed by atoms with Crippen LogP contribution in [0.4, 0.5) is 24.7 Å². The summed E-state index contributed by atoms with van der Waals surface area (Å²) in [6.07, 6.45) is 0. The first-order valence-electron chi connectivity index (χ1n) is 6.82. The van der Waals surface area contributed by atoms with Gasteiger partial charge in [0.05, 0.1) is 5.69 Å². The number of halogens is 3. The minimum Gasteiger partial charge on any atom is -0.360 e. The van der Waals surface area contributed by atoms with Crippen LogP contribution in [-0.2, 0) is 9.59 Å². The molecular formula is C15H14F3N3O3. The number of anilines is 2. The molecule has 1 aromatic heterocycles. The molecule has 1 aromatic carbocycles. The van der Waals surface area contributed by atoms with Crippen LogP contribution in [0.2, 0.25) is 0 Å². The zero-order valence-corrected chi connectivity index (χ0v) is 13.0. The van der Waals surface area contributed by atoms with Crippen LogP contribution in [-0.4, -0.2) is 17.0 Å². The predicted molar refractivity (Wildman–Crippen MR) is 78.6 cm³/mol. The third-order valence-corrected chi connectivity index (χ3v) is 3.29. The molecule has 0 unspecified atom stereocenters. The maximum atomic E-state index is 13.6. The number of aromatic nitrogens is 1. The largest absolute Gasteiger partial charge is 0.360 e. The molecule has 0 spiro atoms. The van der Waals surface area contributed by atoms with Crippen LogP contribution in [0.25, 0.3) is 0 Å². The van der Waals surface area contributed by atoms with Crippen molar-refractivity contribution in [3.63, 3.8) is 0 Å². The number of hydrogen-bond acceptors (Lipinski definition) is 4. The smallest absolute Gasteiger partial charge is 0.240 e. The van der Waals surface area contributed by atoms with Crippen LogP contribution in [0.3, 0.4) is 0 Å². The van der Waals surface area contributed by atoms with Gasteiger partial charge in [0.15, 0.2) is 23.3 Å². The van der Waals surface area contributed by atoms with Gasteiger partial charge in [0.1, 0.15) is 11.2 Å². The molecule has 1 heterocycles. The van der Waals surface area contributed by atoms with Gasteiger partial charge in [0.25, 0.3) is 0 Å². The van der Waals surface area contributed by atoms with E-state index in [1.807, 2.05) is 0 Å². The zero-order chi connectivity index (χ0) is 18.1. The average Bonchev–Trinajstić information content (AvgIpc) is 2.92. The minimum atomic E-state index is -1.71. The number of nitrogens with zero attached hydrogens (tertiary/aromatic N) is 1. The molecule has 9 heteroatoms. The van der Waals surface area contributed by atoms with E-state index in [4.69, 9.17) is 4.52 Å². The van der Waals surface area contributed by atoms with Gasteiger partial charge >= 0.3 is 0 Å². The lowest BCUT2D eigenvalue weighted by Gasteiger charge is -2.22. The van der Waals surface area contributed by atoms with Crippen LogP contribution in [0, 0.1) is 29.8 Å². The Morgan fingerprint density at radius 2 is 1.71 bits per heavy atom. The Kier molecular flexibility index (Phi) is 4.63. The van der Waals surface area contributed by atoms with E-state index in [1.54, 1.807) is 6.92 Å². The van der Waals surface area contributed by atoms with Crippen LogP contribution in [0.15, 0.2) is 22.7 Å². The van der Waals surface area contributed by atoms with Gasteiger partial charge in [0.2, 0.25) is 11.8 Å². The first-order chi connectivity index (χ1) is 11.1. The fourth-order valence-electron chi connectivity index (χ4n) is 1.70. The van der Waals surface area contributed by atoms with Crippen molar-refractivity contribution in [1.29, 1.82) is 0 Å². The highest BCUT2D eigenvalue weighted by Gasteiger charge is 2.37. The number of rotatable bonds is 4. The summed E-state index contributed by atoms with van der Waals surface area (Å²) in [5.41, 5.74) is -2.22. The summed E-state index contributed by atoms with van der Waals surface area (Å²) in [4.78, 5) is 24.4. The van der Waals surface area contributed by atoms with Crippen molar-refractivity contribution < 1.29 is 27.3 Å². The van der Waals surface area contributed by atoms with Gasteiger partial charge in [-0.25, -0.2) is 13.2 Å². The van der Waals surface area contributed by atoms with E-state index < -0.39 is 40.4 Å². The highest BCUT2D eigenvalue weighted by Crippen LogP contribution is 2.24. The first kappa shape index (κ1) is 17.5. The van der Waals surface area contributed by atoms with Crippen molar-refractivity contribution in [3.05, 3.63) is 41.4 Å². The Balaban J connectivity index is 2.15. The Morgan fingerprint density at radius 3 is 2.29 bits per heavy atom. The molecule has 2 aromatic rings. The standard InChI is InChI=1S/C15H14F3N3O3/c1-7-6-10(21-24-7)20-14(23)15(2,3)13(22)19-9-5-4-8(16)11(17)12(9)18/h4-6H,1-3H3,(H,19,22)(H,20,21,23). The lowest BCUT2D eigenvalue weighted by Crippen LogP contribution is -2.41. The van der Waals surface area contributed by atoms with E-state index in [9.17, 15) is 22.8 Å². The molecule has 2 rings (SSSR count). The van der Waals surface area contributed by atoms with E-state index in [0.717, 1.165) is 6.07 Å². The van der Waals surface area contributed by atoms with Gasteiger partial charge in [-0.05, 0) is 32.9 Å². The molecule has 0 radical (unpaired) electrons. The van der Waals surface area contributed by atoms with Crippen molar-refractivity contribution in [2.24, 2.45) is 5.41 Å². The third-order valence-electron chi connectivity index (χ3n) is 3.29. The molecule has 128 valence electrons. The summed E-state index contributed by atoms with van der Waals surface area (Å²) in [5, 5.41) is 8.00. The Bertz CT molecular complexity index is 803. The number of carbonyl (C=O) groups is 2. The van der Waals surface area contributed by atoms with Crippen LogP contribution in [0.5, 0.6) is 0 Å². The second-order valence-electron chi connectivity index (χ2n) is 5.58. The van der Waals surface area contributed by atoms with E-state index in [0.29, 0.717) is 11.8 Å². The molecule has 0 bridgehead atoms. The highest BCUT2D eigenvalue weighted by atomic mass is 19.2. The number of benzene rings is 1. The third kappa shape index (κ3) is 3.39.